The maximum Gasteiger partial charge on any atom is 0.154 e. The van der Waals surface area contributed by atoms with E-state index in [1.165, 1.54) is 37.3 Å². The van der Waals surface area contributed by atoms with Gasteiger partial charge >= 0.3 is 0 Å². The maximum absolute atomic E-state index is 10.5. The number of phenolic OH excluding ortho intramolecular Hbond substituents is 1. The number of benzene rings is 1. The number of hydrogen-bond donors (Lipinski definition) is 1. The number of aryl methyl sites for hydroxylation is 2. The summed E-state index contributed by atoms with van der Waals surface area (Å²) in [6, 6.07) is 9.37. The van der Waals surface area contributed by atoms with Crippen molar-refractivity contribution < 1.29 is 5.11 Å². The van der Waals surface area contributed by atoms with Crippen molar-refractivity contribution in [2.24, 2.45) is 0 Å². The topological polar surface area (TPSA) is 76.3 Å². The summed E-state index contributed by atoms with van der Waals surface area (Å²) in [4.78, 5) is 5.09. The van der Waals surface area contributed by atoms with E-state index >= 15 is 0 Å². The van der Waals surface area contributed by atoms with E-state index < -0.39 is 0 Å². The Labute approximate surface area is 171 Å². The highest BCUT2D eigenvalue weighted by atomic mass is 16.3. The molecule has 1 aromatic carbocycles. The molecule has 0 unspecified atom stereocenters. The summed E-state index contributed by atoms with van der Waals surface area (Å²) < 4.78 is 0. The Morgan fingerprint density at radius 3 is 2.66 bits per heavy atom. The Kier molecular flexibility index (Phi) is 4.44. The highest BCUT2D eigenvalue weighted by Gasteiger charge is 2.43. The Bertz CT molecular complexity index is 974. The van der Waals surface area contributed by atoms with Gasteiger partial charge in [0.05, 0.1) is 17.3 Å². The fourth-order valence-corrected chi connectivity index (χ4v) is 5.78. The zero-order valence-corrected chi connectivity index (χ0v) is 17.1. The molecule has 0 saturated carbocycles. The van der Waals surface area contributed by atoms with Crippen LogP contribution in [0.4, 0.5) is 5.82 Å². The average Bonchev–Trinajstić information content (AvgIpc) is 2.94. The Morgan fingerprint density at radius 1 is 1.10 bits per heavy atom. The van der Waals surface area contributed by atoms with Gasteiger partial charge in [0.1, 0.15) is 5.75 Å². The SMILES string of the molecule is Cc1cc(C#N)cc(O)c1-c1cc2c(nn1)N([C@@H]1CC[C@@H]3CC[C@H]1N3C)CCC2. The first kappa shape index (κ1) is 18.4. The van der Waals surface area contributed by atoms with Gasteiger partial charge in [-0.3, -0.25) is 4.90 Å². The van der Waals surface area contributed by atoms with Gasteiger partial charge in [-0.25, -0.2) is 0 Å². The minimum absolute atomic E-state index is 0.0920. The number of fused-ring (bicyclic) bond motifs is 3. The molecule has 2 bridgehead atoms. The van der Waals surface area contributed by atoms with Crippen molar-refractivity contribution in [2.75, 3.05) is 18.5 Å². The van der Waals surface area contributed by atoms with E-state index in [9.17, 15) is 5.11 Å². The fourth-order valence-electron chi connectivity index (χ4n) is 5.78. The first-order chi connectivity index (χ1) is 14.1. The van der Waals surface area contributed by atoms with Gasteiger partial charge in [0, 0.05) is 30.2 Å². The van der Waals surface area contributed by atoms with Crippen molar-refractivity contribution in [2.45, 2.75) is 63.6 Å². The number of nitrogens with zero attached hydrogens (tertiary/aromatic N) is 5. The molecule has 2 saturated heterocycles. The van der Waals surface area contributed by atoms with Crippen LogP contribution in [0.15, 0.2) is 18.2 Å². The summed E-state index contributed by atoms with van der Waals surface area (Å²) >= 11 is 0. The number of piperidine rings is 1. The minimum Gasteiger partial charge on any atom is -0.507 e. The first-order valence-electron chi connectivity index (χ1n) is 10.7. The van der Waals surface area contributed by atoms with Crippen molar-refractivity contribution in [1.29, 1.82) is 5.26 Å². The molecule has 4 heterocycles. The summed E-state index contributed by atoms with van der Waals surface area (Å²) in [5.74, 6) is 1.11. The van der Waals surface area contributed by atoms with Gasteiger partial charge in [-0.05, 0) is 81.8 Å². The van der Waals surface area contributed by atoms with Crippen LogP contribution in [0, 0.1) is 18.3 Å². The van der Waals surface area contributed by atoms with Gasteiger partial charge in [0.15, 0.2) is 5.82 Å². The lowest BCUT2D eigenvalue weighted by molar-refractivity contribution is 0.151. The van der Waals surface area contributed by atoms with E-state index in [0.717, 1.165) is 36.8 Å². The van der Waals surface area contributed by atoms with Gasteiger partial charge in [-0.1, -0.05) is 0 Å². The Hall–Kier alpha value is -2.65. The zero-order valence-electron chi connectivity index (χ0n) is 17.1. The van der Waals surface area contributed by atoms with E-state index in [4.69, 9.17) is 5.26 Å². The van der Waals surface area contributed by atoms with Crippen molar-refractivity contribution in [3.63, 3.8) is 0 Å². The highest BCUT2D eigenvalue weighted by molar-refractivity contribution is 5.73. The van der Waals surface area contributed by atoms with E-state index in [1.54, 1.807) is 6.07 Å². The number of hydrogen-bond acceptors (Lipinski definition) is 6. The summed E-state index contributed by atoms with van der Waals surface area (Å²) in [5, 5.41) is 28.8. The lowest BCUT2D eigenvalue weighted by Crippen LogP contribution is -2.54. The molecule has 150 valence electrons. The second-order valence-corrected chi connectivity index (χ2v) is 8.78. The van der Waals surface area contributed by atoms with Crippen LogP contribution in [0.1, 0.15) is 48.8 Å². The molecule has 6 nitrogen and oxygen atoms in total. The molecule has 0 radical (unpaired) electrons. The molecule has 6 heteroatoms. The third kappa shape index (κ3) is 2.96. The molecule has 5 rings (SSSR count). The molecule has 3 aliphatic rings. The number of aromatic nitrogens is 2. The van der Waals surface area contributed by atoms with Gasteiger partial charge in [-0.15, -0.1) is 10.2 Å². The van der Waals surface area contributed by atoms with Crippen LogP contribution in [0.5, 0.6) is 5.75 Å². The molecule has 0 amide bonds. The third-order valence-electron chi connectivity index (χ3n) is 7.20. The summed E-state index contributed by atoms with van der Waals surface area (Å²) in [7, 11) is 2.28. The van der Waals surface area contributed by atoms with Gasteiger partial charge in [0.25, 0.3) is 0 Å². The van der Waals surface area contributed by atoms with Crippen LogP contribution in [0.3, 0.4) is 0 Å². The molecule has 2 aromatic rings. The second kappa shape index (κ2) is 7.00. The molecule has 2 fully saturated rings. The maximum atomic E-state index is 10.5. The minimum atomic E-state index is 0.0920. The fraction of sp³-hybridized carbons (Fsp3) is 0.522. The van der Waals surface area contributed by atoms with Crippen molar-refractivity contribution in [3.8, 4) is 23.1 Å². The van der Waals surface area contributed by atoms with Gasteiger partial charge < -0.3 is 10.0 Å². The first-order valence-corrected chi connectivity index (χ1v) is 10.7. The predicted octanol–water partition coefficient (Wildman–Crippen LogP) is 3.41. The van der Waals surface area contributed by atoms with Crippen LogP contribution in [-0.4, -0.2) is 51.9 Å². The molecule has 1 aromatic heterocycles. The zero-order chi connectivity index (χ0) is 20.1. The van der Waals surface area contributed by atoms with E-state index in [1.807, 2.05) is 6.92 Å². The van der Waals surface area contributed by atoms with E-state index in [-0.39, 0.29) is 5.75 Å². The van der Waals surface area contributed by atoms with Crippen LogP contribution >= 0.6 is 0 Å². The van der Waals surface area contributed by atoms with Crippen molar-refractivity contribution in [3.05, 3.63) is 34.9 Å². The normalized spacial score (nSPS) is 26.2. The van der Waals surface area contributed by atoms with Gasteiger partial charge in [0.2, 0.25) is 0 Å². The predicted molar refractivity (Wildman–Crippen MR) is 112 cm³/mol. The number of rotatable bonds is 2. The van der Waals surface area contributed by atoms with Crippen LogP contribution < -0.4 is 4.90 Å². The molecular weight excluding hydrogens is 362 g/mol. The molecule has 3 aliphatic heterocycles. The highest BCUT2D eigenvalue weighted by Crippen LogP contribution is 2.41. The van der Waals surface area contributed by atoms with Crippen molar-refractivity contribution >= 4 is 5.82 Å². The molecule has 1 N–H and O–H groups in total. The third-order valence-corrected chi connectivity index (χ3v) is 7.20. The molecular formula is C23H27N5O. The quantitative estimate of drug-likeness (QED) is 0.848. The lowest BCUT2D eigenvalue weighted by atomic mass is 9.93. The molecule has 0 spiro atoms. The summed E-state index contributed by atoms with van der Waals surface area (Å²) in [5.41, 5.74) is 3.87. The van der Waals surface area contributed by atoms with Gasteiger partial charge in [-0.2, -0.15) is 5.26 Å². The van der Waals surface area contributed by atoms with Crippen LogP contribution in [0.25, 0.3) is 11.3 Å². The number of nitriles is 1. The largest absolute Gasteiger partial charge is 0.507 e. The monoisotopic (exact) mass is 389 g/mol. The van der Waals surface area contributed by atoms with Crippen LogP contribution in [-0.2, 0) is 6.42 Å². The number of anilines is 1. The number of likely N-dealkylation sites (N-methyl/N-ethyl adjacent to an activating group) is 1. The van der Waals surface area contributed by atoms with E-state index in [2.05, 4.69) is 39.2 Å². The standard InChI is InChI=1S/C23H27N5O/c1-14-10-15(13-24)11-21(29)22(14)18-12-16-4-3-9-28(23(16)26-25-18)20-8-6-17-5-7-19(20)27(17)2/h10-12,17,19-20,29H,3-9H2,1-2H3/t17-,19+,20+/m0/s1. The van der Waals surface area contributed by atoms with E-state index in [0.29, 0.717) is 28.9 Å². The lowest BCUT2D eigenvalue weighted by Gasteiger charge is -2.45. The molecule has 29 heavy (non-hydrogen) atoms. The van der Waals surface area contributed by atoms with Crippen molar-refractivity contribution in [1.82, 2.24) is 15.1 Å². The summed E-state index contributed by atoms with van der Waals surface area (Å²) in [6.07, 6.45) is 7.21. The Morgan fingerprint density at radius 2 is 1.90 bits per heavy atom. The smallest absolute Gasteiger partial charge is 0.154 e. The average molecular weight is 390 g/mol. The molecule has 0 aliphatic carbocycles. The molecule has 3 atom stereocenters. The number of aromatic hydroxyl groups is 1. The Balaban J connectivity index is 1.50. The number of phenols is 1. The van der Waals surface area contributed by atoms with Crippen LogP contribution in [0.2, 0.25) is 0 Å². The second-order valence-electron chi connectivity index (χ2n) is 8.78. The summed E-state index contributed by atoms with van der Waals surface area (Å²) in [6.45, 7) is 2.94.